The molecular formula is C13H27N3. The maximum Gasteiger partial charge on any atom is 0.0110 e. The molecule has 2 fully saturated rings. The van der Waals surface area contributed by atoms with E-state index in [-0.39, 0.29) is 0 Å². The van der Waals surface area contributed by atoms with Gasteiger partial charge in [0.05, 0.1) is 0 Å². The summed E-state index contributed by atoms with van der Waals surface area (Å²) in [4.78, 5) is 5.17. The lowest BCUT2D eigenvalue weighted by molar-refractivity contribution is 0.108. The van der Waals surface area contributed by atoms with Gasteiger partial charge in [0.25, 0.3) is 0 Å². The molecule has 1 saturated heterocycles. The maximum absolute atomic E-state index is 6.21. The van der Waals surface area contributed by atoms with E-state index in [9.17, 15) is 0 Å². The second kappa shape index (κ2) is 5.99. The fourth-order valence-electron chi connectivity index (χ4n) is 3.08. The Labute approximate surface area is 100.0 Å². The first-order chi connectivity index (χ1) is 7.79. The molecule has 2 unspecified atom stereocenters. The van der Waals surface area contributed by atoms with Crippen LogP contribution in [0.2, 0.25) is 0 Å². The number of hydrogen-bond donors (Lipinski definition) is 1. The average molecular weight is 225 g/mol. The summed E-state index contributed by atoms with van der Waals surface area (Å²) >= 11 is 0. The van der Waals surface area contributed by atoms with Gasteiger partial charge in [-0.2, -0.15) is 0 Å². The van der Waals surface area contributed by atoms with Crippen LogP contribution in [0.1, 0.15) is 32.6 Å². The van der Waals surface area contributed by atoms with E-state index < -0.39 is 0 Å². The van der Waals surface area contributed by atoms with Gasteiger partial charge in [0.1, 0.15) is 0 Å². The average Bonchev–Trinajstić information content (AvgIpc) is 2.33. The fraction of sp³-hybridized carbons (Fsp3) is 1.00. The number of hydrogen-bond acceptors (Lipinski definition) is 3. The van der Waals surface area contributed by atoms with Crippen LogP contribution in [0.25, 0.3) is 0 Å². The normalized spacial score (nSPS) is 34.1. The minimum Gasteiger partial charge on any atom is -0.327 e. The first-order valence-corrected chi connectivity index (χ1v) is 7.00. The predicted octanol–water partition coefficient (Wildman–Crippen LogP) is 1.14. The number of nitrogens with two attached hydrogens (primary N) is 1. The quantitative estimate of drug-likeness (QED) is 0.782. The van der Waals surface area contributed by atoms with Crippen molar-refractivity contribution < 1.29 is 0 Å². The van der Waals surface area contributed by atoms with Crippen LogP contribution in [0, 0.1) is 5.92 Å². The Kier molecular flexibility index (Phi) is 4.62. The molecule has 2 rings (SSSR count). The van der Waals surface area contributed by atoms with Crippen molar-refractivity contribution in [2.75, 3.05) is 39.3 Å². The van der Waals surface area contributed by atoms with Crippen molar-refractivity contribution in [3.8, 4) is 0 Å². The Balaban J connectivity index is 1.73. The highest BCUT2D eigenvalue weighted by Crippen LogP contribution is 2.24. The highest BCUT2D eigenvalue weighted by molar-refractivity contribution is 4.82. The molecule has 0 aromatic heterocycles. The van der Waals surface area contributed by atoms with E-state index in [2.05, 4.69) is 16.7 Å². The minimum absolute atomic E-state index is 0.470. The summed E-state index contributed by atoms with van der Waals surface area (Å²) in [6.45, 7) is 9.70. The summed E-state index contributed by atoms with van der Waals surface area (Å²) in [7, 11) is 0. The third-order valence-electron chi connectivity index (χ3n) is 4.37. The Morgan fingerprint density at radius 1 is 1.00 bits per heavy atom. The summed E-state index contributed by atoms with van der Waals surface area (Å²) in [5, 5.41) is 0. The molecule has 0 aromatic rings. The van der Waals surface area contributed by atoms with E-state index in [1.54, 1.807) is 0 Å². The molecule has 3 nitrogen and oxygen atoms in total. The van der Waals surface area contributed by atoms with Gasteiger partial charge in [-0.25, -0.2) is 0 Å². The number of nitrogens with zero attached hydrogens (tertiary/aromatic N) is 2. The van der Waals surface area contributed by atoms with Crippen molar-refractivity contribution in [2.45, 2.75) is 38.6 Å². The molecule has 3 heteroatoms. The molecule has 0 spiro atoms. The predicted molar refractivity (Wildman–Crippen MR) is 68.5 cm³/mol. The third-order valence-corrected chi connectivity index (χ3v) is 4.37. The van der Waals surface area contributed by atoms with Crippen LogP contribution in [-0.4, -0.2) is 55.1 Å². The van der Waals surface area contributed by atoms with E-state index >= 15 is 0 Å². The number of likely N-dealkylation sites (N-methyl/N-ethyl adjacent to an activating group) is 1. The van der Waals surface area contributed by atoms with Crippen molar-refractivity contribution in [1.82, 2.24) is 9.80 Å². The highest BCUT2D eigenvalue weighted by Gasteiger charge is 2.25. The molecule has 0 radical (unpaired) electrons. The lowest BCUT2D eigenvalue weighted by atomic mass is 9.84. The van der Waals surface area contributed by atoms with Crippen molar-refractivity contribution in [3.63, 3.8) is 0 Å². The van der Waals surface area contributed by atoms with Crippen molar-refractivity contribution in [1.29, 1.82) is 0 Å². The van der Waals surface area contributed by atoms with Gasteiger partial charge in [-0.1, -0.05) is 19.8 Å². The molecule has 0 aromatic carbocycles. The Hall–Kier alpha value is -0.120. The lowest BCUT2D eigenvalue weighted by Gasteiger charge is -2.38. The van der Waals surface area contributed by atoms with Crippen LogP contribution in [0.15, 0.2) is 0 Å². The second-order valence-corrected chi connectivity index (χ2v) is 5.44. The van der Waals surface area contributed by atoms with Gasteiger partial charge in [-0.3, -0.25) is 0 Å². The van der Waals surface area contributed by atoms with E-state index in [0.717, 1.165) is 5.92 Å². The third kappa shape index (κ3) is 3.19. The molecule has 2 aliphatic rings. The highest BCUT2D eigenvalue weighted by atomic mass is 15.3. The van der Waals surface area contributed by atoms with Crippen LogP contribution in [0.3, 0.4) is 0 Å². The van der Waals surface area contributed by atoms with Gasteiger partial charge in [0, 0.05) is 38.8 Å². The van der Waals surface area contributed by atoms with Crippen LogP contribution < -0.4 is 5.73 Å². The Morgan fingerprint density at radius 3 is 2.25 bits per heavy atom. The monoisotopic (exact) mass is 225 g/mol. The van der Waals surface area contributed by atoms with Gasteiger partial charge < -0.3 is 15.5 Å². The second-order valence-electron chi connectivity index (χ2n) is 5.44. The molecule has 0 amide bonds. The van der Waals surface area contributed by atoms with Crippen LogP contribution in [-0.2, 0) is 0 Å². The van der Waals surface area contributed by atoms with E-state index in [1.807, 2.05) is 0 Å². The summed E-state index contributed by atoms with van der Waals surface area (Å²) < 4.78 is 0. The van der Waals surface area contributed by atoms with Crippen molar-refractivity contribution in [2.24, 2.45) is 11.7 Å². The Bertz CT molecular complexity index is 199. The SMILES string of the molecule is CCN1CCN(CC2CCCCC2N)CC1. The lowest BCUT2D eigenvalue weighted by Crippen LogP contribution is -2.49. The minimum atomic E-state index is 0.470. The van der Waals surface area contributed by atoms with Crippen molar-refractivity contribution >= 4 is 0 Å². The molecule has 94 valence electrons. The largest absolute Gasteiger partial charge is 0.327 e. The van der Waals surface area contributed by atoms with Gasteiger partial charge in [0.2, 0.25) is 0 Å². The first kappa shape index (κ1) is 12.3. The van der Waals surface area contributed by atoms with Crippen LogP contribution in [0.5, 0.6) is 0 Å². The molecule has 2 atom stereocenters. The molecule has 2 N–H and O–H groups in total. The van der Waals surface area contributed by atoms with E-state index in [0.29, 0.717) is 6.04 Å². The zero-order valence-corrected chi connectivity index (χ0v) is 10.7. The van der Waals surface area contributed by atoms with Crippen molar-refractivity contribution in [3.05, 3.63) is 0 Å². The van der Waals surface area contributed by atoms with Gasteiger partial charge in [0.15, 0.2) is 0 Å². The fourth-order valence-corrected chi connectivity index (χ4v) is 3.08. The molecular weight excluding hydrogens is 198 g/mol. The molecule has 1 aliphatic heterocycles. The molecule has 1 aliphatic carbocycles. The van der Waals surface area contributed by atoms with Crippen LogP contribution in [0.4, 0.5) is 0 Å². The molecule has 0 bridgehead atoms. The zero-order chi connectivity index (χ0) is 11.4. The number of piperazine rings is 1. The summed E-state index contributed by atoms with van der Waals surface area (Å²) in [6, 6.07) is 0.470. The summed E-state index contributed by atoms with van der Waals surface area (Å²) in [5.74, 6) is 0.766. The summed E-state index contributed by atoms with van der Waals surface area (Å²) in [6.07, 6.45) is 5.35. The van der Waals surface area contributed by atoms with E-state index in [4.69, 9.17) is 5.73 Å². The standard InChI is InChI=1S/C13H27N3/c1-2-15-7-9-16(10-8-15)11-12-5-3-4-6-13(12)14/h12-13H,2-11,14H2,1H3. The molecule has 16 heavy (non-hydrogen) atoms. The van der Waals surface area contributed by atoms with Gasteiger partial charge >= 0.3 is 0 Å². The first-order valence-electron chi connectivity index (χ1n) is 7.00. The molecule has 1 saturated carbocycles. The van der Waals surface area contributed by atoms with E-state index in [1.165, 1.54) is 65.0 Å². The topological polar surface area (TPSA) is 32.5 Å². The number of rotatable bonds is 3. The molecule has 1 heterocycles. The summed E-state index contributed by atoms with van der Waals surface area (Å²) in [5.41, 5.74) is 6.21. The van der Waals surface area contributed by atoms with Gasteiger partial charge in [-0.05, 0) is 25.3 Å². The smallest absolute Gasteiger partial charge is 0.0110 e. The van der Waals surface area contributed by atoms with Gasteiger partial charge in [-0.15, -0.1) is 0 Å². The zero-order valence-electron chi connectivity index (χ0n) is 10.7. The van der Waals surface area contributed by atoms with Crippen LogP contribution >= 0.6 is 0 Å². The maximum atomic E-state index is 6.21. The Morgan fingerprint density at radius 2 is 1.62 bits per heavy atom.